The molecular formula is C11H16N2O4. The summed E-state index contributed by atoms with van der Waals surface area (Å²) in [6.45, 7) is 3.97. The van der Waals surface area contributed by atoms with Crippen molar-refractivity contribution in [1.29, 1.82) is 5.26 Å². The van der Waals surface area contributed by atoms with E-state index in [-0.39, 0.29) is 32.1 Å². The quantitative estimate of drug-likeness (QED) is 0.549. The van der Waals surface area contributed by atoms with E-state index in [4.69, 9.17) is 14.7 Å². The fraction of sp³-hybridized carbons (Fsp3) is 0.727. The third-order valence-electron chi connectivity index (χ3n) is 2.63. The van der Waals surface area contributed by atoms with Crippen LogP contribution in [0.1, 0.15) is 20.3 Å². The van der Waals surface area contributed by atoms with Crippen LogP contribution >= 0.6 is 0 Å². The highest BCUT2D eigenvalue weighted by Crippen LogP contribution is 2.27. The molecule has 1 heterocycles. The first-order chi connectivity index (χ1) is 8.10. The van der Waals surface area contributed by atoms with Crippen LogP contribution in [0, 0.1) is 17.2 Å². The Balaban J connectivity index is 2.91. The number of carbonyl (C=O) groups is 2. The summed E-state index contributed by atoms with van der Waals surface area (Å²) < 4.78 is 9.76. The minimum atomic E-state index is -1.51. The summed E-state index contributed by atoms with van der Waals surface area (Å²) in [5.74, 6) is -1.73. The van der Waals surface area contributed by atoms with E-state index in [0.29, 0.717) is 0 Å². The standard InChI is InChI=1S/C11H16N2O4/c1-3-16-9(14)11(10(15)17-4-2)5-8(6-12)7-13-11/h8,13H,3-5,7H2,1-2H3. The molecule has 0 aliphatic carbocycles. The van der Waals surface area contributed by atoms with Gasteiger partial charge in [-0.1, -0.05) is 0 Å². The number of rotatable bonds is 4. The number of nitriles is 1. The van der Waals surface area contributed by atoms with Crippen LogP contribution in [0.2, 0.25) is 0 Å². The number of carbonyl (C=O) groups excluding carboxylic acids is 2. The van der Waals surface area contributed by atoms with Gasteiger partial charge in [0.15, 0.2) is 0 Å². The highest BCUT2D eigenvalue weighted by atomic mass is 16.6. The number of hydrogen-bond donors (Lipinski definition) is 1. The Morgan fingerprint density at radius 3 is 2.24 bits per heavy atom. The Morgan fingerprint density at radius 1 is 1.35 bits per heavy atom. The van der Waals surface area contributed by atoms with Crippen LogP contribution in [0.25, 0.3) is 0 Å². The molecule has 1 unspecified atom stereocenters. The van der Waals surface area contributed by atoms with E-state index in [1.165, 1.54) is 0 Å². The summed E-state index contributed by atoms with van der Waals surface area (Å²) in [5, 5.41) is 11.6. The number of hydrogen-bond acceptors (Lipinski definition) is 6. The summed E-state index contributed by atoms with van der Waals surface area (Å²) in [5.41, 5.74) is -1.51. The van der Waals surface area contributed by atoms with E-state index in [1.807, 2.05) is 6.07 Å². The molecule has 0 saturated carbocycles. The fourth-order valence-electron chi connectivity index (χ4n) is 1.81. The number of ether oxygens (including phenoxy) is 2. The Bertz CT molecular complexity index is 330. The lowest BCUT2D eigenvalue weighted by atomic mass is 9.93. The lowest BCUT2D eigenvalue weighted by Crippen LogP contribution is -2.56. The maximum absolute atomic E-state index is 11.9. The molecule has 6 nitrogen and oxygen atoms in total. The van der Waals surface area contributed by atoms with Crippen molar-refractivity contribution in [3.8, 4) is 6.07 Å². The van der Waals surface area contributed by atoms with Gasteiger partial charge < -0.3 is 9.47 Å². The number of nitrogens with zero attached hydrogens (tertiary/aromatic N) is 1. The largest absolute Gasteiger partial charge is 0.464 e. The van der Waals surface area contributed by atoms with Gasteiger partial charge in [-0.2, -0.15) is 5.26 Å². The van der Waals surface area contributed by atoms with Crippen LogP contribution in [0.15, 0.2) is 0 Å². The lowest BCUT2D eigenvalue weighted by molar-refractivity contribution is -0.165. The normalized spacial score (nSPS) is 21.6. The van der Waals surface area contributed by atoms with Crippen molar-refractivity contribution in [2.45, 2.75) is 25.8 Å². The van der Waals surface area contributed by atoms with Crippen LogP contribution in [0.5, 0.6) is 0 Å². The highest BCUT2D eigenvalue weighted by molar-refractivity contribution is 6.05. The molecule has 0 aromatic carbocycles. The van der Waals surface area contributed by atoms with E-state index in [0.717, 1.165) is 0 Å². The maximum Gasteiger partial charge on any atom is 0.338 e. The first-order valence-corrected chi connectivity index (χ1v) is 5.59. The zero-order valence-corrected chi connectivity index (χ0v) is 9.99. The smallest absolute Gasteiger partial charge is 0.338 e. The second kappa shape index (κ2) is 5.64. The molecule has 1 aliphatic rings. The summed E-state index contributed by atoms with van der Waals surface area (Å²) in [7, 11) is 0. The zero-order chi connectivity index (χ0) is 12.9. The third-order valence-corrected chi connectivity index (χ3v) is 2.63. The van der Waals surface area contributed by atoms with Gasteiger partial charge >= 0.3 is 11.9 Å². The van der Waals surface area contributed by atoms with E-state index in [9.17, 15) is 9.59 Å². The molecule has 6 heteroatoms. The summed E-state index contributed by atoms with van der Waals surface area (Å²) in [6.07, 6.45) is 0.0984. The lowest BCUT2D eigenvalue weighted by Gasteiger charge is -2.24. The van der Waals surface area contributed by atoms with Crippen LogP contribution in [0.3, 0.4) is 0 Å². The van der Waals surface area contributed by atoms with Crippen molar-refractivity contribution in [3.05, 3.63) is 0 Å². The first kappa shape index (κ1) is 13.5. The van der Waals surface area contributed by atoms with Gasteiger partial charge in [-0.3, -0.25) is 5.32 Å². The van der Waals surface area contributed by atoms with Gasteiger partial charge in [0.05, 0.1) is 25.2 Å². The van der Waals surface area contributed by atoms with Crippen molar-refractivity contribution in [2.75, 3.05) is 19.8 Å². The number of esters is 2. The average molecular weight is 240 g/mol. The Kier molecular flexibility index (Phi) is 4.46. The molecule has 0 aromatic heterocycles. The molecule has 1 rings (SSSR count). The van der Waals surface area contributed by atoms with Crippen molar-refractivity contribution >= 4 is 11.9 Å². The van der Waals surface area contributed by atoms with Crippen LogP contribution in [-0.2, 0) is 19.1 Å². The van der Waals surface area contributed by atoms with Gasteiger partial charge in [-0.15, -0.1) is 0 Å². The SMILES string of the molecule is CCOC(=O)C1(C(=O)OCC)CC(C#N)CN1. The van der Waals surface area contributed by atoms with Crippen LogP contribution in [0.4, 0.5) is 0 Å². The zero-order valence-electron chi connectivity index (χ0n) is 9.99. The molecule has 17 heavy (non-hydrogen) atoms. The van der Waals surface area contributed by atoms with Gasteiger partial charge in [0.2, 0.25) is 5.54 Å². The second-order valence-corrected chi connectivity index (χ2v) is 3.76. The monoisotopic (exact) mass is 240 g/mol. The van der Waals surface area contributed by atoms with E-state index in [1.54, 1.807) is 13.8 Å². The molecule has 1 atom stereocenters. The molecule has 1 fully saturated rings. The van der Waals surface area contributed by atoms with E-state index >= 15 is 0 Å². The maximum atomic E-state index is 11.9. The minimum absolute atomic E-state index is 0.0984. The predicted molar refractivity (Wildman–Crippen MR) is 57.7 cm³/mol. The molecule has 0 radical (unpaired) electrons. The molecule has 0 bridgehead atoms. The van der Waals surface area contributed by atoms with Crippen molar-refractivity contribution in [2.24, 2.45) is 5.92 Å². The summed E-state index contributed by atoms with van der Waals surface area (Å²) >= 11 is 0. The van der Waals surface area contributed by atoms with E-state index < -0.39 is 17.5 Å². The molecule has 1 N–H and O–H groups in total. The van der Waals surface area contributed by atoms with Crippen molar-refractivity contribution in [3.63, 3.8) is 0 Å². The van der Waals surface area contributed by atoms with Crippen molar-refractivity contribution < 1.29 is 19.1 Å². The van der Waals surface area contributed by atoms with Crippen molar-refractivity contribution in [1.82, 2.24) is 5.32 Å². The molecule has 0 amide bonds. The van der Waals surface area contributed by atoms with Crippen LogP contribution < -0.4 is 5.32 Å². The molecule has 1 saturated heterocycles. The summed E-state index contributed by atoms with van der Waals surface area (Å²) in [4.78, 5) is 23.7. The molecular weight excluding hydrogens is 224 g/mol. The predicted octanol–water partition coefficient (Wildman–Crippen LogP) is -0.0155. The molecule has 1 aliphatic heterocycles. The number of nitrogens with one attached hydrogen (secondary N) is 1. The Morgan fingerprint density at radius 2 is 1.88 bits per heavy atom. The van der Waals surface area contributed by atoms with Gasteiger partial charge in [0.25, 0.3) is 0 Å². The van der Waals surface area contributed by atoms with E-state index in [2.05, 4.69) is 5.32 Å². The molecule has 0 aromatic rings. The average Bonchev–Trinajstić information content (AvgIpc) is 2.75. The third kappa shape index (κ3) is 2.56. The molecule has 94 valence electrons. The molecule has 0 spiro atoms. The van der Waals surface area contributed by atoms with Gasteiger partial charge in [-0.25, -0.2) is 9.59 Å². The minimum Gasteiger partial charge on any atom is -0.464 e. The van der Waals surface area contributed by atoms with Gasteiger partial charge in [-0.05, 0) is 13.8 Å². The first-order valence-electron chi connectivity index (χ1n) is 5.59. The Labute approximate surface area is 99.9 Å². The second-order valence-electron chi connectivity index (χ2n) is 3.76. The highest BCUT2D eigenvalue weighted by Gasteiger charge is 2.54. The van der Waals surface area contributed by atoms with Gasteiger partial charge in [0, 0.05) is 13.0 Å². The summed E-state index contributed by atoms with van der Waals surface area (Å²) in [6, 6.07) is 2.03. The van der Waals surface area contributed by atoms with Gasteiger partial charge in [0.1, 0.15) is 0 Å². The topological polar surface area (TPSA) is 88.4 Å². The Hall–Kier alpha value is -1.61. The fourth-order valence-corrected chi connectivity index (χ4v) is 1.81. The van der Waals surface area contributed by atoms with Crippen LogP contribution in [-0.4, -0.2) is 37.2 Å².